The summed E-state index contributed by atoms with van der Waals surface area (Å²) in [6, 6.07) is 17.0. The Labute approximate surface area is 148 Å². The third-order valence-corrected chi connectivity index (χ3v) is 4.72. The summed E-state index contributed by atoms with van der Waals surface area (Å²) in [7, 11) is -4.15. The number of nitro groups is 1. The first kappa shape index (κ1) is 17.4. The van der Waals surface area contributed by atoms with Crippen molar-refractivity contribution in [2.75, 3.05) is 0 Å². The Hall–Kier alpha value is -3.46. The fourth-order valence-corrected chi connectivity index (χ4v) is 3.03. The number of benzene rings is 3. The molecule has 0 saturated heterocycles. The van der Waals surface area contributed by atoms with E-state index in [0.29, 0.717) is 5.56 Å². The predicted octanol–water partition coefficient (Wildman–Crippen LogP) is 2.77. The first-order valence-electron chi connectivity index (χ1n) is 7.37. The minimum Gasteiger partial charge on any atom is -0.380 e. The van der Waals surface area contributed by atoms with E-state index in [1.165, 1.54) is 36.4 Å². The number of fused-ring (bicyclic) bond motifs is 1. The fourth-order valence-electron chi connectivity index (χ4n) is 2.26. The van der Waals surface area contributed by atoms with Crippen LogP contribution in [-0.4, -0.2) is 19.2 Å². The lowest BCUT2D eigenvalue weighted by atomic mass is 10.1. The maximum absolute atomic E-state index is 12.3. The highest BCUT2D eigenvalue weighted by Crippen LogP contribution is 2.20. The number of hydrogen-bond donors (Lipinski definition) is 1. The molecule has 0 spiro atoms. The molecule has 0 atom stereocenters. The van der Waals surface area contributed by atoms with Crippen LogP contribution in [0.4, 0.5) is 5.69 Å². The van der Waals surface area contributed by atoms with Gasteiger partial charge in [-0.1, -0.05) is 30.3 Å². The van der Waals surface area contributed by atoms with Crippen molar-refractivity contribution < 1.29 is 17.6 Å². The lowest BCUT2D eigenvalue weighted by Crippen LogP contribution is -2.15. The first-order chi connectivity index (χ1) is 12.4. The number of amidine groups is 1. The van der Waals surface area contributed by atoms with Gasteiger partial charge in [0, 0.05) is 17.7 Å². The predicted molar refractivity (Wildman–Crippen MR) is 96.0 cm³/mol. The molecule has 8 nitrogen and oxygen atoms in total. The molecule has 0 heterocycles. The average molecular weight is 371 g/mol. The zero-order valence-electron chi connectivity index (χ0n) is 13.3. The van der Waals surface area contributed by atoms with E-state index < -0.39 is 15.0 Å². The molecule has 0 bridgehead atoms. The largest absolute Gasteiger partial charge is 0.380 e. The van der Waals surface area contributed by atoms with Gasteiger partial charge in [-0.2, -0.15) is 8.42 Å². The molecule has 26 heavy (non-hydrogen) atoms. The summed E-state index contributed by atoms with van der Waals surface area (Å²) >= 11 is 0. The fraction of sp³-hybridized carbons (Fsp3) is 0. The lowest BCUT2D eigenvalue weighted by Gasteiger charge is -2.05. The SMILES string of the molecule is N/C(=N\OS(=O)(=O)c1ccc2ccccc2c1)c1ccc([N+](=O)[O-])cc1. The van der Waals surface area contributed by atoms with E-state index in [-0.39, 0.29) is 16.4 Å². The van der Waals surface area contributed by atoms with Crippen molar-refractivity contribution in [2.24, 2.45) is 10.9 Å². The second-order valence-corrected chi connectivity index (χ2v) is 6.85. The molecule has 0 unspecified atom stereocenters. The number of rotatable bonds is 5. The van der Waals surface area contributed by atoms with E-state index >= 15 is 0 Å². The summed E-state index contributed by atoms with van der Waals surface area (Å²) in [5, 5.41) is 15.7. The summed E-state index contributed by atoms with van der Waals surface area (Å²) in [5.74, 6) is -0.218. The molecule has 3 aromatic rings. The molecule has 0 aliphatic heterocycles. The number of non-ortho nitro benzene ring substituents is 1. The molecule has 0 radical (unpaired) electrons. The van der Waals surface area contributed by atoms with Crippen molar-refractivity contribution in [3.8, 4) is 0 Å². The van der Waals surface area contributed by atoms with Crippen LogP contribution in [0, 0.1) is 10.1 Å². The van der Waals surface area contributed by atoms with Crippen LogP contribution in [-0.2, 0) is 14.4 Å². The summed E-state index contributed by atoms with van der Waals surface area (Å²) < 4.78 is 29.2. The highest BCUT2D eigenvalue weighted by Gasteiger charge is 2.17. The summed E-state index contributed by atoms with van der Waals surface area (Å²) in [6.45, 7) is 0. The second kappa shape index (κ2) is 6.81. The van der Waals surface area contributed by atoms with Gasteiger partial charge in [0.25, 0.3) is 5.69 Å². The number of nitrogens with zero attached hydrogens (tertiary/aromatic N) is 2. The molecule has 132 valence electrons. The molecule has 2 N–H and O–H groups in total. The normalized spacial score (nSPS) is 12.1. The number of nitro benzene ring substituents is 1. The number of oxime groups is 1. The Morgan fingerprint density at radius 1 is 1.00 bits per heavy atom. The highest BCUT2D eigenvalue weighted by molar-refractivity contribution is 7.86. The van der Waals surface area contributed by atoms with Gasteiger partial charge in [-0.05, 0) is 40.2 Å². The van der Waals surface area contributed by atoms with Crippen molar-refractivity contribution >= 4 is 32.4 Å². The van der Waals surface area contributed by atoms with E-state index in [0.717, 1.165) is 10.8 Å². The van der Waals surface area contributed by atoms with E-state index in [1.807, 2.05) is 12.1 Å². The maximum atomic E-state index is 12.3. The Morgan fingerprint density at radius 3 is 2.31 bits per heavy atom. The molecular weight excluding hydrogens is 358 g/mol. The van der Waals surface area contributed by atoms with Crippen molar-refractivity contribution in [2.45, 2.75) is 4.90 Å². The van der Waals surface area contributed by atoms with Crippen molar-refractivity contribution in [3.63, 3.8) is 0 Å². The average Bonchev–Trinajstić information content (AvgIpc) is 2.65. The second-order valence-electron chi connectivity index (χ2n) is 5.32. The summed E-state index contributed by atoms with van der Waals surface area (Å²) in [6.07, 6.45) is 0. The minimum atomic E-state index is -4.15. The minimum absolute atomic E-state index is 0.0588. The van der Waals surface area contributed by atoms with Crippen molar-refractivity contribution in [3.05, 3.63) is 82.4 Å². The maximum Gasteiger partial charge on any atom is 0.358 e. The third-order valence-electron chi connectivity index (χ3n) is 3.62. The molecule has 0 saturated carbocycles. The lowest BCUT2D eigenvalue weighted by molar-refractivity contribution is -0.384. The van der Waals surface area contributed by atoms with E-state index in [1.54, 1.807) is 18.2 Å². The number of hydrogen-bond acceptors (Lipinski definition) is 6. The van der Waals surface area contributed by atoms with E-state index in [2.05, 4.69) is 9.44 Å². The summed E-state index contributed by atoms with van der Waals surface area (Å²) in [5.41, 5.74) is 5.86. The summed E-state index contributed by atoms with van der Waals surface area (Å²) in [4.78, 5) is 10.0. The van der Waals surface area contributed by atoms with Crippen LogP contribution in [0.1, 0.15) is 5.56 Å². The van der Waals surface area contributed by atoms with E-state index in [9.17, 15) is 18.5 Å². The highest BCUT2D eigenvalue weighted by atomic mass is 32.2. The zero-order chi connectivity index (χ0) is 18.7. The van der Waals surface area contributed by atoms with Crippen LogP contribution in [0.25, 0.3) is 10.8 Å². The van der Waals surface area contributed by atoms with Crippen LogP contribution in [0.2, 0.25) is 0 Å². The molecule has 3 rings (SSSR count). The molecular formula is C17H13N3O5S. The van der Waals surface area contributed by atoms with Gasteiger partial charge in [0.1, 0.15) is 4.90 Å². The molecule has 9 heteroatoms. The van der Waals surface area contributed by atoms with Gasteiger partial charge in [0.15, 0.2) is 5.84 Å². The standard InChI is InChI=1S/C17H13N3O5S/c18-17(13-5-8-15(9-6-13)20(21)22)19-25-26(23,24)16-10-7-12-3-1-2-4-14(12)11-16/h1-11H,(H2,18,19). The molecule has 0 fully saturated rings. The zero-order valence-corrected chi connectivity index (χ0v) is 14.1. The van der Waals surface area contributed by atoms with Gasteiger partial charge in [-0.15, -0.1) is 0 Å². The molecule has 0 aliphatic carbocycles. The Bertz CT molecular complexity index is 1110. The van der Waals surface area contributed by atoms with Gasteiger partial charge < -0.3 is 5.73 Å². The van der Waals surface area contributed by atoms with Crippen LogP contribution in [0.3, 0.4) is 0 Å². The van der Waals surface area contributed by atoms with Crippen molar-refractivity contribution in [1.82, 2.24) is 0 Å². The molecule has 0 amide bonds. The van der Waals surface area contributed by atoms with Crippen LogP contribution < -0.4 is 5.73 Å². The van der Waals surface area contributed by atoms with Gasteiger partial charge in [-0.3, -0.25) is 14.4 Å². The first-order valence-corrected chi connectivity index (χ1v) is 8.78. The smallest absolute Gasteiger partial charge is 0.358 e. The molecule has 0 aliphatic rings. The van der Waals surface area contributed by atoms with Crippen LogP contribution in [0.15, 0.2) is 76.8 Å². The Balaban J connectivity index is 1.83. The monoisotopic (exact) mass is 371 g/mol. The van der Waals surface area contributed by atoms with Gasteiger partial charge >= 0.3 is 10.1 Å². The molecule has 3 aromatic carbocycles. The van der Waals surface area contributed by atoms with Crippen molar-refractivity contribution in [1.29, 1.82) is 0 Å². The molecule has 0 aromatic heterocycles. The van der Waals surface area contributed by atoms with Gasteiger partial charge in [0.2, 0.25) is 0 Å². The quantitative estimate of drug-likeness (QED) is 0.318. The van der Waals surface area contributed by atoms with Crippen LogP contribution >= 0.6 is 0 Å². The van der Waals surface area contributed by atoms with E-state index in [4.69, 9.17) is 5.73 Å². The van der Waals surface area contributed by atoms with Gasteiger partial charge in [0.05, 0.1) is 4.92 Å². The number of nitrogens with two attached hydrogens (primary N) is 1. The Morgan fingerprint density at radius 2 is 1.65 bits per heavy atom. The Kier molecular flexibility index (Phi) is 4.55. The van der Waals surface area contributed by atoms with Crippen LogP contribution in [0.5, 0.6) is 0 Å². The third kappa shape index (κ3) is 3.62. The topological polar surface area (TPSA) is 125 Å². The van der Waals surface area contributed by atoms with Gasteiger partial charge in [-0.25, -0.2) is 0 Å².